The minimum absolute atomic E-state index is 0.836. The fourth-order valence-corrected chi connectivity index (χ4v) is 3.67. The minimum atomic E-state index is 0.836. The molecular weight excluding hydrogens is 306 g/mol. The van der Waals surface area contributed by atoms with Crippen LogP contribution in [-0.4, -0.2) is 18.1 Å². The SMILES string of the molecule is Cc1cc(N2CCCC2)c2ccc(NCc3ccccc3C)cc2n1. The molecule has 0 atom stereocenters. The van der Waals surface area contributed by atoms with Crippen LogP contribution in [-0.2, 0) is 6.54 Å². The molecule has 1 fully saturated rings. The first-order chi connectivity index (χ1) is 12.2. The number of aryl methyl sites for hydroxylation is 2. The topological polar surface area (TPSA) is 28.2 Å². The summed E-state index contributed by atoms with van der Waals surface area (Å²) in [7, 11) is 0. The van der Waals surface area contributed by atoms with Crippen molar-refractivity contribution < 1.29 is 0 Å². The molecular formula is C22H25N3. The van der Waals surface area contributed by atoms with Crippen molar-refractivity contribution >= 4 is 22.3 Å². The lowest BCUT2D eigenvalue weighted by molar-refractivity contribution is 0.949. The monoisotopic (exact) mass is 331 g/mol. The Morgan fingerprint density at radius 1 is 1.00 bits per heavy atom. The Labute approximate surface area is 149 Å². The molecule has 1 aliphatic rings. The Kier molecular flexibility index (Phi) is 4.31. The van der Waals surface area contributed by atoms with Crippen molar-refractivity contribution in [3.05, 3.63) is 65.4 Å². The third kappa shape index (κ3) is 3.32. The number of fused-ring (bicyclic) bond motifs is 1. The molecule has 0 bridgehead atoms. The predicted molar refractivity (Wildman–Crippen MR) is 106 cm³/mol. The fraction of sp³-hybridized carbons (Fsp3) is 0.318. The fourth-order valence-electron chi connectivity index (χ4n) is 3.67. The van der Waals surface area contributed by atoms with Crippen molar-refractivity contribution in [1.29, 1.82) is 0 Å². The second kappa shape index (κ2) is 6.75. The third-order valence-electron chi connectivity index (χ3n) is 5.11. The molecule has 3 aromatic rings. The zero-order valence-electron chi connectivity index (χ0n) is 15.0. The van der Waals surface area contributed by atoms with Crippen LogP contribution in [0.2, 0.25) is 0 Å². The first-order valence-corrected chi connectivity index (χ1v) is 9.15. The Morgan fingerprint density at radius 3 is 2.60 bits per heavy atom. The van der Waals surface area contributed by atoms with Gasteiger partial charge in [-0.2, -0.15) is 0 Å². The number of hydrogen-bond donors (Lipinski definition) is 1. The Bertz CT molecular complexity index is 895. The predicted octanol–water partition coefficient (Wildman–Crippen LogP) is 5.06. The maximum Gasteiger partial charge on any atom is 0.0746 e. The normalized spacial score (nSPS) is 14.2. The number of nitrogens with one attached hydrogen (secondary N) is 1. The van der Waals surface area contributed by atoms with Gasteiger partial charge in [-0.1, -0.05) is 24.3 Å². The number of rotatable bonds is 4. The Hall–Kier alpha value is -2.55. The highest BCUT2D eigenvalue weighted by Gasteiger charge is 2.16. The van der Waals surface area contributed by atoms with E-state index in [9.17, 15) is 0 Å². The van der Waals surface area contributed by atoms with E-state index in [1.54, 1.807) is 0 Å². The molecule has 0 unspecified atom stereocenters. The Morgan fingerprint density at radius 2 is 1.80 bits per heavy atom. The summed E-state index contributed by atoms with van der Waals surface area (Å²) in [6, 6.07) is 17.3. The summed E-state index contributed by atoms with van der Waals surface area (Å²) in [5.74, 6) is 0. The summed E-state index contributed by atoms with van der Waals surface area (Å²) in [5.41, 5.74) is 7.28. The van der Waals surface area contributed by atoms with E-state index in [0.29, 0.717) is 0 Å². The van der Waals surface area contributed by atoms with E-state index < -0.39 is 0 Å². The maximum atomic E-state index is 4.77. The number of hydrogen-bond acceptors (Lipinski definition) is 3. The van der Waals surface area contributed by atoms with Crippen molar-refractivity contribution in [1.82, 2.24) is 4.98 Å². The number of aromatic nitrogens is 1. The lowest BCUT2D eigenvalue weighted by Crippen LogP contribution is -2.18. The molecule has 0 saturated carbocycles. The van der Waals surface area contributed by atoms with Gasteiger partial charge >= 0.3 is 0 Å². The molecule has 3 heteroatoms. The first kappa shape index (κ1) is 15.9. The summed E-state index contributed by atoms with van der Waals surface area (Å²) in [4.78, 5) is 7.27. The standard InChI is InChI=1S/C22H25N3/c1-16-7-3-4-8-18(16)15-23-19-9-10-20-21(14-19)24-17(2)13-22(20)25-11-5-6-12-25/h3-4,7-10,13-14,23H,5-6,11-12,15H2,1-2H3. The quantitative estimate of drug-likeness (QED) is 0.724. The van der Waals surface area contributed by atoms with Gasteiger partial charge in [0, 0.05) is 42.1 Å². The van der Waals surface area contributed by atoms with Crippen LogP contribution in [0.15, 0.2) is 48.5 Å². The van der Waals surface area contributed by atoms with Crippen LogP contribution in [0.25, 0.3) is 10.9 Å². The van der Waals surface area contributed by atoms with Crippen molar-refractivity contribution in [2.75, 3.05) is 23.3 Å². The van der Waals surface area contributed by atoms with E-state index in [4.69, 9.17) is 4.98 Å². The summed E-state index contributed by atoms with van der Waals surface area (Å²) in [5, 5.41) is 4.81. The van der Waals surface area contributed by atoms with Gasteiger partial charge in [0.25, 0.3) is 0 Å². The van der Waals surface area contributed by atoms with Gasteiger partial charge in [0.2, 0.25) is 0 Å². The maximum absolute atomic E-state index is 4.77. The van der Waals surface area contributed by atoms with Gasteiger partial charge in [-0.05, 0) is 62.1 Å². The molecule has 128 valence electrons. The summed E-state index contributed by atoms with van der Waals surface area (Å²) < 4.78 is 0. The van der Waals surface area contributed by atoms with Crippen LogP contribution in [0, 0.1) is 13.8 Å². The molecule has 1 N–H and O–H groups in total. The van der Waals surface area contributed by atoms with Crippen LogP contribution in [0.4, 0.5) is 11.4 Å². The highest BCUT2D eigenvalue weighted by molar-refractivity contribution is 5.94. The zero-order chi connectivity index (χ0) is 17.2. The molecule has 0 spiro atoms. The van der Waals surface area contributed by atoms with E-state index in [1.807, 2.05) is 0 Å². The van der Waals surface area contributed by atoms with Crippen LogP contribution >= 0.6 is 0 Å². The van der Waals surface area contributed by atoms with Crippen LogP contribution in [0.3, 0.4) is 0 Å². The van der Waals surface area contributed by atoms with Gasteiger partial charge < -0.3 is 10.2 Å². The van der Waals surface area contributed by atoms with Crippen molar-refractivity contribution in [2.45, 2.75) is 33.2 Å². The van der Waals surface area contributed by atoms with E-state index in [0.717, 1.165) is 36.5 Å². The van der Waals surface area contributed by atoms with Gasteiger partial charge in [-0.15, -0.1) is 0 Å². The van der Waals surface area contributed by atoms with E-state index in [1.165, 1.54) is 35.0 Å². The molecule has 2 heterocycles. The first-order valence-electron chi connectivity index (χ1n) is 9.15. The molecule has 25 heavy (non-hydrogen) atoms. The lowest BCUT2D eigenvalue weighted by atomic mass is 10.1. The van der Waals surface area contributed by atoms with Gasteiger partial charge in [0.05, 0.1) is 5.52 Å². The molecule has 2 aromatic carbocycles. The van der Waals surface area contributed by atoms with E-state index >= 15 is 0 Å². The van der Waals surface area contributed by atoms with Crippen molar-refractivity contribution in [2.24, 2.45) is 0 Å². The van der Waals surface area contributed by atoms with Gasteiger partial charge in [-0.3, -0.25) is 4.98 Å². The molecule has 1 aromatic heterocycles. The summed E-state index contributed by atoms with van der Waals surface area (Å²) in [6.45, 7) is 7.40. The lowest BCUT2D eigenvalue weighted by Gasteiger charge is -2.20. The molecule has 4 rings (SSSR count). The molecule has 0 amide bonds. The number of nitrogens with zero attached hydrogens (tertiary/aromatic N) is 2. The third-order valence-corrected chi connectivity index (χ3v) is 5.11. The van der Waals surface area contributed by atoms with Crippen LogP contribution < -0.4 is 10.2 Å². The average Bonchev–Trinajstić information content (AvgIpc) is 3.14. The molecule has 1 saturated heterocycles. The molecule has 0 radical (unpaired) electrons. The second-order valence-corrected chi connectivity index (χ2v) is 6.99. The van der Waals surface area contributed by atoms with E-state index in [2.05, 4.69) is 72.6 Å². The number of anilines is 2. The van der Waals surface area contributed by atoms with Crippen LogP contribution in [0.1, 0.15) is 29.7 Å². The highest BCUT2D eigenvalue weighted by Crippen LogP contribution is 2.31. The highest BCUT2D eigenvalue weighted by atomic mass is 15.1. The van der Waals surface area contributed by atoms with E-state index in [-0.39, 0.29) is 0 Å². The molecule has 0 aliphatic carbocycles. The summed E-state index contributed by atoms with van der Waals surface area (Å²) >= 11 is 0. The largest absolute Gasteiger partial charge is 0.381 e. The Balaban J connectivity index is 1.62. The second-order valence-electron chi connectivity index (χ2n) is 6.99. The van der Waals surface area contributed by atoms with Gasteiger partial charge in [0.1, 0.15) is 0 Å². The zero-order valence-corrected chi connectivity index (χ0v) is 15.0. The average molecular weight is 331 g/mol. The summed E-state index contributed by atoms with van der Waals surface area (Å²) in [6.07, 6.45) is 2.58. The van der Waals surface area contributed by atoms with Gasteiger partial charge in [0.15, 0.2) is 0 Å². The minimum Gasteiger partial charge on any atom is -0.381 e. The van der Waals surface area contributed by atoms with Crippen molar-refractivity contribution in [3.8, 4) is 0 Å². The molecule has 3 nitrogen and oxygen atoms in total. The van der Waals surface area contributed by atoms with Gasteiger partial charge in [-0.25, -0.2) is 0 Å². The van der Waals surface area contributed by atoms with Crippen LogP contribution in [0.5, 0.6) is 0 Å². The smallest absolute Gasteiger partial charge is 0.0746 e. The molecule has 1 aliphatic heterocycles. The number of benzene rings is 2. The number of pyridine rings is 1. The van der Waals surface area contributed by atoms with Crippen molar-refractivity contribution in [3.63, 3.8) is 0 Å².